The second-order valence-corrected chi connectivity index (χ2v) is 5.83. The van der Waals surface area contributed by atoms with Gasteiger partial charge in [0.15, 0.2) is 11.5 Å². The Labute approximate surface area is 134 Å². The molecule has 23 heavy (non-hydrogen) atoms. The number of rotatable bonds is 2. The van der Waals surface area contributed by atoms with Crippen molar-refractivity contribution in [3.05, 3.63) is 54.4 Å². The summed E-state index contributed by atoms with van der Waals surface area (Å²) in [4.78, 5) is 18.9. The van der Waals surface area contributed by atoms with Crippen LogP contribution in [0, 0.1) is 0 Å². The van der Waals surface area contributed by atoms with E-state index in [9.17, 15) is 4.79 Å². The number of hydrogen-bond acceptors (Lipinski definition) is 4. The Morgan fingerprint density at radius 1 is 1.13 bits per heavy atom. The topological polar surface area (TPSA) is 51.7 Å². The molecular formula is C18H18N2O3. The molecule has 1 saturated heterocycles. The van der Waals surface area contributed by atoms with Gasteiger partial charge < -0.3 is 14.4 Å². The fraction of sp³-hybridized carbons (Fsp3) is 0.333. The fourth-order valence-electron chi connectivity index (χ4n) is 3.29. The molecule has 4 rings (SSSR count). The zero-order valence-electron chi connectivity index (χ0n) is 12.7. The third kappa shape index (κ3) is 2.63. The average molecular weight is 310 g/mol. The van der Waals surface area contributed by atoms with E-state index in [-0.39, 0.29) is 18.6 Å². The van der Waals surface area contributed by atoms with Gasteiger partial charge in [0.25, 0.3) is 5.91 Å². The Bertz CT molecular complexity index is 704. The van der Waals surface area contributed by atoms with E-state index in [4.69, 9.17) is 9.47 Å². The second-order valence-electron chi connectivity index (χ2n) is 5.83. The lowest BCUT2D eigenvalue weighted by Crippen LogP contribution is -2.46. The number of amides is 1. The molecule has 0 bridgehead atoms. The van der Waals surface area contributed by atoms with Crippen molar-refractivity contribution in [2.45, 2.75) is 25.0 Å². The Kier molecular flexibility index (Phi) is 3.61. The molecule has 0 radical (unpaired) electrons. The highest BCUT2D eigenvalue weighted by Gasteiger charge is 2.37. The summed E-state index contributed by atoms with van der Waals surface area (Å²) in [6.07, 6.45) is 4.94. The first-order valence-electron chi connectivity index (χ1n) is 7.92. The third-order valence-corrected chi connectivity index (χ3v) is 4.41. The molecule has 3 heterocycles. The van der Waals surface area contributed by atoms with Gasteiger partial charge in [-0.05, 0) is 42.7 Å². The predicted octanol–water partition coefficient (Wildman–Crippen LogP) is 2.59. The molecule has 0 unspecified atom stereocenters. The van der Waals surface area contributed by atoms with Crippen LogP contribution in [0.5, 0.6) is 11.5 Å². The van der Waals surface area contributed by atoms with E-state index in [0.29, 0.717) is 11.5 Å². The quantitative estimate of drug-likeness (QED) is 0.855. The SMILES string of the molecule is O=C([C@H]1COc2ccccc2O1)N1CCC[C@H]1c1ccncc1. The lowest BCUT2D eigenvalue weighted by Gasteiger charge is -2.31. The van der Waals surface area contributed by atoms with E-state index in [0.717, 1.165) is 24.9 Å². The van der Waals surface area contributed by atoms with Crippen LogP contribution >= 0.6 is 0 Å². The van der Waals surface area contributed by atoms with Crippen molar-refractivity contribution < 1.29 is 14.3 Å². The van der Waals surface area contributed by atoms with Crippen molar-refractivity contribution in [3.63, 3.8) is 0 Å². The number of benzene rings is 1. The highest BCUT2D eigenvalue weighted by Crippen LogP contribution is 2.35. The fourth-order valence-corrected chi connectivity index (χ4v) is 3.29. The molecule has 1 aromatic carbocycles. The molecule has 118 valence electrons. The standard InChI is InChI=1S/C18H18N2O3/c21-18(17-12-22-15-5-1-2-6-16(15)23-17)20-11-3-4-14(20)13-7-9-19-10-8-13/h1-2,5-10,14,17H,3-4,11-12H2/t14-,17+/m0/s1. The number of pyridine rings is 1. The smallest absolute Gasteiger partial charge is 0.267 e. The van der Waals surface area contributed by atoms with E-state index in [1.807, 2.05) is 41.3 Å². The number of carbonyl (C=O) groups excluding carboxylic acids is 1. The van der Waals surface area contributed by atoms with Crippen molar-refractivity contribution in [1.29, 1.82) is 0 Å². The zero-order chi connectivity index (χ0) is 15.6. The molecule has 0 spiro atoms. The van der Waals surface area contributed by atoms with Crippen LogP contribution in [0.4, 0.5) is 0 Å². The number of nitrogens with zero attached hydrogens (tertiary/aromatic N) is 2. The van der Waals surface area contributed by atoms with Crippen molar-refractivity contribution in [3.8, 4) is 11.5 Å². The highest BCUT2D eigenvalue weighted by molar-refractivity contribution is 5.82. The normalized spacial score (nSPS) is 22.9. The van der Waals surface area contributed by atoms with Crippen molar-refractivity contribution in [2.75, 3.05) is 13.2 Å². The van der Waals surface area contributed by atoms with Crippen LogP contribution in [0.15, 0.2) is 48.8 Å². The van der Waals surface area contributed by atoms with Crippen LogP contribution in [0.2, 0.25) is 0 Å². The summed E-state index contributed by atoms with van der Waals surface area (Å²) in [5, 5.41) is 0. The van der Waals surface area contributed by atoms with Crippen LogP contribution in [0.3, 0.4) is 0 Å². The Morgan fingerprint density at radius 3 is 2.74 bits per heavy atom. The van der Waals surface area contributed by atoms with Gasteiger partial charge >= 0.3 is 0 Å². The summed E-state index contributed by atoms with van der Waals surface area (Å²) in [5.74, 6) is 1.33. The number of aromatic nitrogens is 1. The maximum absolute atomic E-state index is 12.9. The lowest BCUT2D eigenvalue weighted by molar-refractivity contribution is -0.142. The largest absolute Gasteiger partial charge is 0.485 e. The van der Waals surface area contributed by atoms with Gasteiger partial charge in [-0.1, -0.05) is 12.1 Å². The van der Waals surface area contributed by atoms with Crippen molar-refractivity contribution in [2.24, 2.45) is 0 Å². The monoisotopic (exact) mass is 310 g/mol. The van der Waals surface area contributed by atoms with Crippen LogP contribution in [-0.4, -0.2) is 35.0 Å². The lowest BCUT2D eigenvalue weighted by atomic mass is 10.1. The summed E-state index contributed by atoms with van der Waals surface area (Å²) < 4.78 is 11.5. The maximum Gasteiger partial charge on any atom is 0.267 e. The molecule has 5 nitrogen and oxygen atoms in total. The molecule has 5 heteroatoms. The second kappa shape index (κ2) is 5.91. The number of hydrogen-bond donors (Lipinski definition) is 0. The maximum atomic E-state index is 12.9. The van der Waals surface area contributed by atoms with Crippen LogP contribution in [0.25, 0.3) is 0 Å². The van der Waals surface area contributed by atoms with Gasteiger partial charge in [-0.2, -0.15) is 0 Å². The first-order valence-corrected chi connectivity index (χ1v) is 7.92. The molecule has 1 aromatic heterocycles. The summed E-state index contributed by atoms with van der Waals surface area (Å²) in [6, 6.07) is 11.5. The first kappa shape index (κ1) is 14.1. The molecule has 0 N–H and O–H groups in total. The van der Waals surface area contributed by atoms with E-state index in [1.165, 1.54) is 0 Å². The number of likely N-dealkylation sites (tertiary alicyclic amines) is 1. The first-order chi connectivity index (χ1) is 11.3. The van der Waals surface area contributed by atoms with Gasteiger partial charge in [0.2, 0.25) is 6.10 Å². The Hall–Kier alpha value is -2.56. The summed E-state index contributed by atoms with van der Waals surface area (Å²) >= 11 is 0. The van der Waals surface area contributed by atoms with Gasteiger partial charge in [0.05, 0.1) is 6.04 Å². The van der Waals surface area contributed by atoms with E-state index < -0.39 is 6.10 Å². The summed E-state index contributed by atoms with van der Waals surface area (Å²) in [7, 11) is 0. The minimum absolute atomic E-state index is 0.00110. The molecule has 2 atom stereocenters. The Balaban J connectivity index is 1.53. The molecular weight excluding hydrogens is 292 g/mol. The average Bonchev–Trinajstić information content (AvgIpc) is 3.11. The van der Waals surface area contributed by atoms with Crippen LogP contribution in [-0.2, 0) is 4.79 Å². The minimum Gasteiger partial charge on any atom is -0.485 e. The number of fused-ring (bicyclic) bond motifs is 1. The molecule has 0 saturated carbocycles. The summed E-state index contributed by atoms with van der Waals surface area (Å²) in [5.41, 5.74) is 1.13. The highest BCUT2D eigenvalue weighted by atomic mass is 16.6. The van der Waals surface area contributed by atoms with E-state index in [1.54, 1.807) is 12.4 Å². The van der Waals surface area contributed by atoms with E-state index in [2.05, 4.69) is 4.98 Å². The molecule has 2 aromatic rings. The molecule has 2 aliphatic rings. The van der Waals surface area contributed by atoms with Crippen molar-refractivity contribution >= 4 is 5.91 Å². The number of para-hydroxylation sites is 2. The van der Waals surface area contributed by atoms with Gasteiger partial charge in [-0.3, -0.25) is 9.78 Å². The summed E-state index contributed by atoms with van der Waals surface area (Å²) in [6.45, 7) is 1.02. The number of carbonyl (C=O) groups is 1. The third-order valence-electron chi connectivity index (χ3n) is 4.41. The molecule has 0 aliphatic carbocycles. The van der Waals surface area contributed by atoms with Gasteiger partial charge in [-0.25, -0.2) is 0 Å². The Morgan fingerprint density at radius 2 is 1.91 bits per heavy atom. The van der Waals surface area contributed by atoms with Gasteiger partial charge in [0.1, 0.15) is 6.61 Å². The van der Waals surface area contributed by atoms with Crippen LogP contribution < -0.4 is 9.47 Å². The zero-order valence-corrected chi connectivity index (χ0v) is 12.7. The van der Waals surface area contributed by atoms with Crippen LogP contribution in [0.1, 0.15) is 24.4 Å². The van der Waals surface area contributed by atoms with E-state index >= 15 is 0 Å². The number of ether oxygens (including phenoxy) is 2. The molecule has 1 fully saturated rings. The molecule has 2 aliphatic heterocycles. The van der Waals surface area contributed by atoms with Gasteiger partial charge in [0, 0.05) is 18.9 Å². The predicted molar refractivity (Wildman–Crippen MR) is 84.3 cm³/mol. The molecule has 1 amide bonds. The minimum atomic E-state index is -0.577. The van der Waals surface area contributed by atoms with Gasteiger partial charge in [-0.15, -0.1) is 0 Å². The van der Waals surface area contributed by atoms with Crippen molar-refractivity contribution in [1.82, 2.24) is 9.88 Å².